The Balaban J connectivity index is 1.82. The lowest BCUT2D eigenvalue weighted by molar-refractivity contribution is 0.173. The summed E-state index contributed by atoms with van der Waals surface area (Å²) in [4.78, 5) is 4.56. The molecule has 2 atom stereocenters. The minimum atomic E-state index is -0.203. The van der Waals surface area contributed by atoms with Crippen LogP contribution in [-0.4, -0.2) is 48.3 Å². The molecule has 0 unspecified atom stereocenters. The van der Waals surface area contributed by atoms with Crippen molar-refractivity contribution in [2.24, 2.45) is 0 Å². The van der Waals surface area contributed by atoms with E-state index in [0.717, 1.165) is 38.3 Å². The molecule has 19 heavy (non-hydrogen) atoms. The smallest absolute Gasteiger partial charge is 0.0992 e. The number of piperazine rings is 1. The highest BCUT2D eigenvalue weighted by atomic mass is 35.5. The highest BCUT2D eigenvalue weighted by molar-refractivity contribution is 6.33. The number of fused-ring (bicyclic) bond motifs is 1. The summed E-state index contributed by atoms with van der Waals surface area (Å²) in [6.45, 7) is 3.47. The van der Waals surface area contributed by atoms with Crippen molar-refractivity contribution in [2.75, 3.05) is 31.1 Å². The molecule has 0 aliphatic carbocycles. The zero-order chi connectivity index (χ0) is 13.4. The van der Waals surface area contributed by atoms with Gasteiger partial charge in [0.25, 0.3) is 0 Å². The van der Waals surface area contributed by atoms with Gasteiger partial charge in [-0.3, -0.25) is 4.90 Å². The molecule has 2 aliphatic rings. The SMILES string of the molecule is N#Cc1ccc(Cl)c(N2CCN3C[C@H](O)C[C@H]3C2)c1. The topological polar surface area (TPSA) is 50.5 Å². The molecule has 0 aromatic heterocycles. The average molecular weight is 278 g/mol. The van der Waals surface area contributed by atoms with E-state index in [-0.39, 0.29) is 6.10 Å². The third kappa shape index (κ3) is 2.42. The number of hydrogen-bond donors (Lipinski definition) is 1. The van der Waals surface area contributed by atoms with Gasteiger partial charge in [0.15, 0.2) is 0 Å². The molecule has 1 aromatic rings. The third-order valence-corrected chi connectivity index (χ3v) is 4.33. The first-order valence-electron chi connectivity index (χ1n) is 6.54. The molecular formula is C14H16ClN3O. The van der Waals surface area contributed by atoms with Crippen LogP contribution >= 0.6 is 11.6 Å². The first-order valence-corrected chi connectivity index (χ1v) is 6.92. The van der Waals surface area contributed by atoms with Gasteiger partial charge < -0.3 is 10.0 Å². The van der Waals surface area contributed by atoms with Gasteiger partial charge in [-0.1, -0.05) is 11.6 Å². The molecule has 4 nitrogen and oxygen atoms in total. The summed E-state index contributed by atoms with van der Waals surface area (Å²) >= 11 is 6.24. The van der Waals surface area contributed by atoms with Crippen molar-refractivity contribution >= 4 is 17.3 Å². The molecule has 3 rings (SSSR count). The Labute approximate surface area is 117 Å². The highest BCUT2D eigenvalue weighted by Gasteiger charge is 2.35. The van der Waals surface area contributed by atoms with Crippen LogP contribution in [0.3, 0.4) is 0 Å². The van der Waals surface area contributed by atoms with E-state index >= 15 is 0 Å². The van der Waals surface area contributed by atoms with Gasteiger partial charge in [-0.05, 0) is 24.6 Å². The van der Waals surface area contributed by atoms with Crippen molar-refractivity contribution in [3.8, 4) is 6.07 Å². The third-order valence-electron chi connectivity index (χ3n) is 4.01. The van der Waals surface area contributed by atoms with Crippen LogP contribution in [0.25, 0.3) is 0 Å². The molecule has 5 heteroatoms. The van der Waals surface area contributed by atoms with E-state index in [1.165, 1.54) is 0 Å². The Hall–Kier alpha value is -1.28. The summed E-state index contributed by atoms with van der Waals surface area (Å²) in [6.07, 6.45) is 0.623. The predicted octanol–water partition coefficient (Wildman–Crippen LogP) is 1.47. The minimum absolute atomic E-state index is 0.203. The summed E-state index contributed by atoms with van der Waals surface area (Å²) in [6, 6.07) is 7.92. The summed E-state index contributed by atoms with van der Waals surface area (Å²) in [5, 5.41) is 19.4. The van der Waals surface area contributed by atoms with Gasteiger partial charge in [-0.15, -0.1) is 0 Å². The Kier molecular flexibility index (Phi) is 3.36. The maximum Gasteiger partial charge on any atom is 0.0992 e. The quantitative estimate of drug-likeness (QED) is 0.845. The molecular weight excluding hydrogens is 262 g/mol. The Bertz CT molecular complexity index is 528. The van der Waals surface area contributed by atoms with E-state index < -0.39 is 0 Å². The normalized spacial score (nSPS) is 27.1. The van der Waals surface area contributed by atoms with E-state index in [9.17, 15) is 5.11 Å². The van der Waals surface area contributed by atoms with E-state index in [1.807, 2.05) is 6.07 Å². The molecule has 2 heterocycles. The lowest BCUT2D eigenvalue weighted by Crippen LogP contribution is -2.50. The van der Waals surface area contributed by atoms with E-state index in [1.54, 1.807) is 12.1 Å². The Morgan fingerprint density at radius 2 is 2.16 bits per heavy atom. The second-order valence-electron chi connectivity index (χ2n) is 5.26. The molecule has 1 aromatic carbocycles. The second-order valence-corrected chi connectivity index (χ2v) is 5.67. The van der Waals surface area contributed by atoms with Crippen LogP contribution in [0.2, 0.25) is 5.02 Å². The van der Waals surface area contributed by atoms with Crippen LogP contribution in [0, 0.1) is 11.3 Å². The van der Waals surface area contributed by atoms with Crippen molar-refractivity contribution in [3.05, 3.63) is 28.8 Å². The highest BCUT2D eigenvalue weighted by Crippen LogP contribution is 2.31. The number of halogens is 1. The van der Waals surface area contributed by atoms with Crippen molar-refractivity contribution in [2.45, 2.75) is 18.6 Å². The number of aliphatic hydroxyl groups excluding tert-OH is 1. The van der Waals surface area contributed by atoms with E-state index in [0.29, 0.717) is 16.6 Å². The number of nitrogens with zero attached hydrogens (tertiary/aromatic N) is 3. The zero-order valence-corrected chi connectivity index (χ0v) is 11.3. The molecule has 2 fully saturated rings. The molecule has 0 spiro atoms. The maximum atomic E-state index is 9.72. The van der Waals surface area contributed by atoms with Gasteiger partial charge in [0.1, 0.15) is 0 Å². The van der Waals surface area contributed by atoms with Crippen LogP contribution in [0.5, 0.6) is 0 Å². The lowest BCUT2D eigenvalue weighted by Gasteiger charge is -2.39. The summed E-state index contributed by atoms with van der Waals surface area (Å²) in [5.74, 6) is 0. The monoisotopic (exact) mass is 277 g/mol. The van der Waals surface area contributed by atoms with Crippen LogP contribution in [0.1, 0.15) is 12.0 Å². The molecule has 100 valence electrons. The molecule has 1 N–H and O–H groups in total. The summed E-state index contributed by atoms with van der Waals surface area (Å²) < 4.78 is 0. The average Bonchev–Trinajstić information content (AvgIpc) is 2.78. The van der Waals surface area contributed by atoms with Crippen LogP contribution < -0.4 is 4.90 Å². The minimum Gasteiger partial charge on any atom is -0.392 e. The molecule has 2 aliphatic heterocycles. The fourth-order valence-electron chi connectivity index (χ4n) is 3.06. The number of aliphatic hydroxyl groups is 1. The van der Waals surface area contributed by atoms with Crippen LogP contribution in [-0.2, 0) is 0 Å². The number of nitriles is 1. The van der Waals surface area contributed by atoms with E-state index in [2.05, 4.69) is 15.9 Å². The number of hydrogen-bond acceptors (Lipinski definition) is 4. The van der Waals surface area contributed by atoms with Crippen LogP contribution in [0.4, 0.5) is 5.69 Å². The van der Waals surface area contributed by atoms with Gasteiger partial charge in [0.05, 0.1) is 28.4 Å². The van der Waals surface area contributed by atoms with Crippen molar-refractivity contribution in [1.29, 1.82) is 5.26 Å². The first-order chi connectivity index (χ1) is 9.17. The van der Waals surface area contributed by atoms with Crippen molar-refractivity contribution < 1.29 is 5.11 Å². The van der Waals surface area contributed by atoms with Gasteiger partial charge >= 0.3 is 0 Å². The Morgan fingerprint density at radius 3 is 2.95 bits per heavy atom. The standard InChI is InChI=1S/C14H16ClN3O/c15-13-2-1-10(7-16)5-14(13)18-4-3-17-9-12(19)6-11(17)8-18/h1-2,5,11-12,19H,3-4,6,8-9H2/t11-,12+/m0/s1. The van der Waals surface area contributed by atoms with Crippen molar-refractivity contribution in [1.82, 2.24) is 4.90 Å². The second kappa shape index (κ2) is 5.01. The number of anilines is 1. The van der Waals surface area contributed by atoms with Gasteiger partial charge in [0, 0.05) is 32.2 Å². The molecule has 2 saturated heterocycles. The fourth-order valence-corrected chi connectivity index (χ4v) is 3.30. The van der Waals surface area contributed by atoms with Crippen LogP contribution in [0.15, 0.2) is 18.2 Å². The predicted molar refractivity (Wildman–Crippen MR) is 74.4 cm³/mol. The van der Waals surface area contributed by atoms with Gasteiger partial charge in [0.2, 0.25) is 0 Å². The molecule has 0 saturated carbocycles. The summed E-state index contributed by atoms with van der Waals surface area (Å²) in [5.41, 5.74) is 1.56. The van der Waals surface area contributed by atoms with E-state index in [4.69, 9.17) is 16.9 Å². The first kappa shape index (κ1) is 12.7. The van der Waals surface area contributed by atoms with Gasteiger partial charge in [-0.2, -0.15) is 5.26 Å². The fraction of sp³-hybridized carbons (Fsp3) is 0.500. The molecule has 0 radical (unpaired) electrons. The Morgan fingerprint density at radius 1 is 1.32 bits per heavy atom. The molecule has 0 amide bonds. The molecule has 0 bridgehead atoms. The lowest BCUT2D eigenvalue weighted by atomic mass is 10.1. The van der Waals surface area contributed by atoms with Gasteiger partial charge in [-0.25, -0.2) is 0 Å². The number of benzene rings is 1. The largest absolute Gasteiger partial charge is 0.392 e. The summed E-state index contributed by atoms with van der Waals surface area (Å²) in [7, 11) is 0. The zero-order valence-electron chi connectivity index (χ0n) is 10.6. The number of rotatable bonds is 1. The van der Waals surface area contributed by atoms with Crippen molar-refractivity contribution in [3.63, 3.8) is 0 Å². The maximum absolute atomic E-state index is 9.72.